The maximum Gasteiger partial charge on any atom is 0.265 e. The zero-order valence-electron chi connectivity index (χ0n) is 10.7. The Labute approximate surface area is 110 Å². The molecule has 1 unspecified atom stereocenters. The molecular formula is C14H13N3O2. The first-order valence-corrected chi connectivity index (χ1v) is 6.05. The summed E-state index contributed by atoms with van der Waals surface area (Å²) in [6.45, 7) is 3.67. The van der Waals surface area contributed by atoms with Crippen LogP contribution < -0.4 is 5.32 Å². The van der Waals surface area contributed by atoms with E-state index in [1.54, 1.807) is 19.1 Å². The van der Waals surface area contributed by atoms with Gasteiger partial charge in [0.1, 0.15) is 11.7 Å². The highest BCUT2D eigenvalue weighted by molar-refractivity contribution is 6.15. The molecule has 0 radical (unpaired) electrons. The quantitative estimate of drug-likeness (QED) is 0.791. The molecule has 2 heterocycles. The van der Waals surface area contributed by atoms with E-state index in [1.165, 1.54) is 4.68 Å². The summed E-state index contributed by atoms with van der Waals surface area (Å²) in [7, 11) is 0. The predicted molar refractivity (Wildman–Crippen MR) is 70.1 cm³/mol. The third-order valence-corrected chi connectivity index (χ3v) is 3.30. The molecule has 1 aliphatic rings. The molecule has 19 heavy (non-hydrogen) atoms. The van der Waals surface area contributed by atoms with Gasteiger partial charge in [-0.25, -0.2) is 0 Å². The van der Waals surface area contributed by atoms with Gasteiger partial charge in [0.15, 0.2) is 0 Å². The summed E-state index contributed by atoms with van der Waals surface area (Å²) in [4.78, 5) is 24.6. The Morgan fingerprint density at radius 2 is 1.95 bits per heavy atom. The Balaban J connectivity index is 2.12. The number of nitrogens with zero attached hydrogens (tertiary/aromatic N) is 2. The van der Waals surface area contributed by atoms with Crippen molar-refractivity contribution in [2.75, 3.05) is 5.32 Å². The van der Waals surface area contributed by atoms with Gasteiger partial charge in [0.2, 0.25) is 5.91 Å². The van der Waals surface area contributed by atoms with Gasteiger partial charge in [-0.1, -0.05) is 24.3 Å². The number of hydrogen-bond donors (Lipinski definition) is 1. The van der Waals surface area contributed by atoms with Crippen LogP contribution in [0.2, 0.25) is 0 Å². The minimum absolute atomic E-state index is 0.299. The van der Waals surface area contributed by atoms with Crippen molar-refractivity contribution in [3.63, 3.8) is 0 Å². The lowest BCUT2D eigenvalue weighted by molar-refractivity contribution is -0.117. The number of fused-ring (bicyclic) bond motifs is 1. The standard InChI is InChI=1S/C14H13N3O2/c1-8-5-3-4-6-10(8)12-13(18)15-11-7-9(2)16-17(11)14(12)19/h3-7,12H,1-2H3,(H,15,18). The second kappa shape index (κ2) is 4.05. The van der Waals surface area contributed by atoms with Gasteiger partial charge in [0.05, 0.1) is 5.69 Å². The molecule has 0 saturated heterocycles. The lowest BCUT2D eigenvalue weighted by Gasteiger charge is -2.23. The van der Waals surface area contributed by atoms with Crippen molar-refractivity contribution in [2.24, 2.45) is 0 Å². The molecule has 1 amide bonds. The molecular weight excluding hydrogens is 242 g/mol. The van der Waals surface area contributed by atoms with Crippen LogP contribution >= 0.6 is 0 Å². The minimum atomic E-state index is -0.826. The van der Waals surface area contributed by atoms with Gasteiger partial charge in [0, 0.05) is 6.07 Å². The molecule has 1 N–H and O–H groups in total. The van der Waals surface area contributed by atoms with Crippen LogP contribution in [0.4, 0.5) is 5.82 Å². The summed E-state index contributed by atoms with van der Waals surface area (Å²) < 4.78 is 1.27. The third kappa shape index (κ3) is 1.74. The van der Waals surface area contributed by atoms with Gasteiger partial charge in [-0.05, 0) is 25.0 Å². The average molecular weight is 255 g/mol. The maximum absolute atomic E-state index is 12.4. The molecule has 5 nitrogen and oxygen atoms in total. The molecule has 0 spiro atoms. The van der Waals surface area contributed by atoms with E-state index in [0.29, 0.717) is 11.5 Å². The van der Waals surface area contributed by atoms with Crippen molar-refractivity contribution in [1.82, 2.24) is 9.78 Å². The highest BCUT2D eigenvalue weighted by Crippen LogP contribution is 2.28. The Morgan fingerprint density at radius 3 is 2.68 bits per heavy atom. The SMILES string of the molecule is Cc1cc2n(n1)C(=O)C(c1ccccc1C)C(=O)N2. The number of aromatic nitrogens is 2. The second-order valence-corrected chi connectivity index (χ2v) is 4.70. The van der Waals surface area contributed by atoms with E-state index in [9.17, 15) is 9.59 Å². The molecule has 2 aromatic rings. The van der Waals surface area contributed by atoms with E-state index in [2.05, 4.69) is 10.4 Å². The summed E-state index contributed by atoms with van der Waals surface area (Å²) in [6.07, 6.45) is 0. The van der Waals surface area contributed by atoms with Gasteiger partial charge in [0.25, 0.3) is 5.91 Å². The van der Waals surface area contributed by atoms with Crippen LogP contribution in [0.1, 0.15) is 27.5 Å². The van der Waals surface area contributed by atoms with Crippen molar-refractivity contribution in [3.05, 3.63) is 47.2 Å². The number of carbonyl (C=O) groups is 2. The Kier molecular flexibility index (Phi) is 2.48. The first-order chi connectivity index (χ1) is 9.08. The molecule has 1 aromatic carbocycles. The summed E-state index contributed by atoms with van der Waals surface area (Å²) in [6, 6.07) is 9.09. The number of rotatable bonds is 1. The summed E-state index contributed by atoms with van der Waals surface area (Å²) in [5.41, 5.74) is 2.35. The maximum atomic E-state index is 12.4. The lowest BCUT2D eigenvalue weighted by Crippen LogP contribution is -2.38. The van der Waals surface area contributed by atoms with E-state index in [4.69, 9.17) is 0 Å². The molecule has 5 heteroatoms. The van der Waals surface area contributed by atoms with Crippen LogP contribution in [0.3, 0.4) is 0 Å². The second-order valence-electron chi connectivity index (χ2n) is 4.70. The van der Waals surface area contributed by atoms with Crippen LogP contribution in [0.25, 0.3) is 0 Å². The highest BCUT2D eigenvalue weighted by Gasteiger charge is 2.37. The molecule has 0 aliphatic carbocycles. The highest BCUT2D eigenvalue weighted by atomic mass is 16.2. The van der Waals surface area contributed by atoms with Crippen molar-refractivity contribution < 1.29 is 9.59 Å². The van der Waals surface area contributed by atoms with Crippen molar-refractivity contribution in [3.8, 4) is 0 Å². The van der Waals surface area contributed by atoms with E-state index in [0.717, 1.165) is 11.1 Å². The Bertz CT molecular complexity index is 688. The number of nitrogens with one attached hydrogen (secondary N) is 1. The van der Waals surface area contributed by atoms with Gasteiger partial charge in [-0.2, -0.15) is 9.78 Å². The largest absolute Gasteiger partial charge is 0.309 e. The van der Waals surface area contributed by atoms with Crippen molar-refractivity contribution in [2.45, 2.75) is 19.8 Å². The number of aryl methyl sites for hydroxylation is 2. The van der Waals surface area contributed by atoms with Crippen LogP contribution in [0.15, 0.2) is 30.3 Å². The average Bonchev–Trinajstić information content (AvgIpc) is 2.72. The minimum Gasteiger partial charge on any atom is -0.309 e. The van der Waals surface area contributed by atoms with Crippen molar-refractivity contribution in [1.29, 1.82) is 0 Å². The molecule has 0 bridgehead atoms. The fourth-order valence-corrected chi connectivity index (χ4v) is 2.37. The molecule has 1 atom stereocenters. The predicted octanol–water partition coefficient (Wildman–Crippen LogP) is 1.88. The summed E-state index contributed by atoms with van der Waals surface area (Å²) in [5, 5.41) is 6.85. The molecule has 1 aliphatic heterocycles. The van der Waals surface area contributed by atoms with Gasteiger partial charge < -0.3 is 5.32 Å². The first-order valence-electron chi connectivity index (χ1n) is 6.05. The fourth-order valence-electron chi connectivity index (χ4n) is 2.37. The lowest BCUT2D eigenvalue weighted by atomic mass is 9.92. The van der Waals surface area contributed by atoms with Crippen LogP contribution in [0, 0.1) is 13.8 Å². The Morgan fingerprint density at radius 1 is 1.21 bits per heavy atom. The van der Waals surface area contributed by atoms with E-state index >= 15 is 0 Å². The van der Waals surface area contributed by atoms with Gasteiger partial charge in [-0.15, -0.1) is 0 Å². The van der Waals surface area contributed by atoms with Crippen LogP contribution in [0.5, 0.6) is 0 Å². The van der Waals surface area contributed by atoms with E-state index in [-0.39, 0.29) is 11.8 Å². The zero-order chi connectivity index (χ0) is 13.6. The monoisotopic (exact) mass is 255 g/mol. The molecule has 96 valence electrons. The number of benzene rings is 1. The fraction of sp³-hybridized carbons (Fsp3) is 0.214. The van der Waals surface area contributed by atoms with E-state index in [1.807, 2.05) is 25.1 Å². The number of hydrogen-bond acceptors (Lipinski definition) is 3. The smallest absolute Gasteiger partial charge is 0.265 e. The van der Waals surface area contributed by atoms with Gasteiger partial charge in [-0.3, -0.25) is 9.59 Å². The molecule has 3 rings (SSSR count). The summed E-state index contributed by atoms with van der Waals surface area (Å²) in [5.74, 6) is -0.988. The van der Waals surface area contributed by atoms with Crippen LogP contribution in [-0.2, 0) is 4.79 Å². The first kappa shape index (κ1) is 11.6. The number of carbonyl (C=O) groups excluding carboxylic acids is 2. The Hall–Kier alpha value is -2.43. The normalized spacial score (nSPS) is 18.1. The molecule has 0 fully saturated rings. The van der Waals surface area contributed by atoms with Gasteiger partial charge >= 0.3 is 0 Å². The van der Waals surface area contributed by atoms with Crippen molar-refractivity contribution >= 4 is 17.6 Å². The molecule has 0 saturated carbocycles. The van der Waals surface area contributed by atoms with Crippen LogP contribution in [-0.4, -0.2) is 21.6 Å². The number of anilines is 1. The zero-order valence-corrected chi connectivity index (χ0v) is 10.7. The van der Waals surface area contributed by atoms with E-state index < -0.39 is 5.92 Å². The topological polar surface area (TPSA) is 64.0 Å². The number of amides is 1. The third-order valence-electron chi connectivity index (χ3n) is 3.30. The molecule has 1 aromatic heterocycles. The summed E-state index contributed by atoms with van der Waals surface area (Å²) >= 11 is 0.